The van der Waals surface area contributed by atoms with E-state index in [9.17, 15) is 4.79 Å². The van der Waals surface area contributed by atoms with Crippen molar-refractivity contribution in [1.29, 1.82) is 0 Å². The van der Waals surface area contributed by atoms with Crippen LogP contribution in [0, 0.1) is 0 Å². The fourth-order valence-corrected chi connectivity index (χ4v) is 3.25. The van der Waals surface area contributed by atoms with Crippen molar-refractivity contribution >= 4 is 5.91 Å². The maximum atomic E-state index is 13.1. The number of rotatable bonds is 7. The monoisotopic (exact) mass is 355 g/mol. The summed E-state index contributed by atoms with van der Waals surface area (Å²) < 4.78 is 1.95. The summed E-state index contributed by atoms with van der Waals surface area (Å²) in [6.07, 6.45) is 4.20. The molecule has 0 radical (unpaired) electrons. The zero-order valence-electron chi connectivity index (χ0n) is 15.8. The molecule has 1 unspecified atom stereocenters. The molecule has 0 aliphatic carbocycles. The van der Waals surface area contributed by atoms with Gasteiger partial charge in [0.25, 0.3) is 5.91 Å². The number of hydrogen-bond acceptors (Lipinski definition) is 4. The van der Waals surface area contributed by atoms with Crippen LogP contribution >= 0.6 is 0 Å². The van der Waals surface area contributed by atoms with Gasteiger partial charge in [0.2, 0.25) is 0 Å². The molecule has 2 heterocycles. The predicted molar refractivity (Wildman–Crippen MR) is 103 cm³/mol. The number of hydrogen-bond donors (Lipinski definition) is 1. The van der Waals surface area contributed by atoms with Crippen molar-refractivity contribution in [3.05, 3.63) is 53.9 Å². The molecule has 2 aromatic rings. The summed E-state index contributed by atoms with van der Waals surface area (Å²) in [4.78, 5) is 17.1. The van der Waals surface area contributed by atoms with Gasteiger partial charge in [-0.25, -0.2) is 0 Å². The Morgan fingerprint density at radius 2 is 2.04 bits per heavy atom. The normalized spacial score (nSPS) is 17.4. The van der Waals surface area contributed by atoms with Crippen molar-refractivity contribution in [2.24, 2.45) is 0 Å². The van der Waals surface area contributed by atoms with Crippen molar-refractivity contribution in [3.63, 3.8) is 0 Å². The fraction of sp³-hybridized carbons (Fsp3) is 0.500. The summed E-state index contributed by atoms with van der Waals surface area (Å²) in [6.45, 7) is 4.10. The van der Waals surface area contributed by atoms with E-state index in [2.05, 4.69) is 27.4 Å². The third-order valence-corrected chi connectivity index (χ3v) is 4.79. The van der Waals surface area contributed by atoms with Crippen LogP contribution in [0.4, 0.5) is 0 Å². The van der Waals surface area contributed by atoms with Gasteiger partial charge in [-0.15, -0.1) is 0 Å². The van der Waals surface area contributed by atoms with Gasteiger partial charge >= 0.3 is 0 Å². The van der Waals surface area contributed by atoms with Gasteiger partial charge in [0.1, 0.15) is 5.69 Å². The van der Waals surface area contributed by atoms with Crippen molar-refractivity contribution in [2.45, 2.75) is 25.4 Å². The number of benzene rings is 1. The van der Waals surface area contributed by atoms with Crippen molar-refractivity contribution in [3.8, 4) is 0 Å². The molecule has 3 rings (SSSR count). The van der Waals surface area contributed by atoms with Crippen LogP contribution in [0.5, 0.6) is 0 Å². The number of amides is 1. The summed E-state index contributed by atoms with van der Waals surface area (Å²) in [5.41, 5.74) is 1.67. The number of piperidine rings is 1. The lowest BCUT2D eigenvalue weighted by atomic mass is 10.1. The number of carbonyl (C=O) groups is 1. The summed E-state index contributed by atoms with van der Waals surface area (Å²) in [5, 5.41) is 7.99. The van der Waals surface area contributed by atoms with E-state index in [1.165, 1.54) is 0 Å². The van der Waals surface area contributed by atoms with Crippen molar-refractivity contribution in [1.82, 2.24) is 24.9 Å². The third kappa shape index (κ3) is 4.93. The second-order valence-electron chi connectivity index (χ2n) is 7.20. The molecule has 1 aromatic carbocycles. The van der Waals surface area contributed by atoms with Crippen LogP contribution in [0.25, 0.3) is 0 Å². The van der Waals surface area contributed by atoms with Crippen LogP contribution in [0.3, 0.4) is 0 Å². The molecule has 0 bridgehead atoms. The zero-order chi connectivity index (χ0) is 18.4. The smallest absolute Gasteiger partial charge is 0.274 e. The van der Waals surface area contributed by atoms with Crippen LogP contribution in [0.1, 0.15) is 34.9 Å². The van der Waals surface area contributed by atoms with E-state index in [1.54, 1.807) is 0 Å². The highest BCUT2D eigenvalue weighted by molar-refractivity contribution is 5.92. The van der Waals surface area contributed by atoms with E-state index in [4.69, 9.17) is 0 Å². The van der Waals surface area contributed by atoms with Crippen molar-refractivity contribution in [2.75, 3.05) is 40.3 Å². The van der Waals surface area contributed by atoms with E-state index >= 15 is 0 Å². The highest BCUT2D eigenvalue weighted by Gasteiger charge is 2.21. The van der Waals surface area contributed by atoms with Crippen LogP contribution in [-0.2, 0) is 6.54 Å². The fourth-order valence-electron chi connectivity index (χ4n) is 3.25. The molecular weight excluding hydrogens is 326 g/mol. The van der Waals surface area contributed by atoms with E-state index in [0.29, 0.717) is 24.8 Å². The third-order valence-electron chi connectivity index (χ3n) is 4.79. The minimum absolute atomic E-state index is 0.00165. The molecule has 26 heavy (non-hydrogen) atoms. The Morgan fingerprint density at radius 1 is 1.23 bits per heavy atom. The van der Waals surface area contributed by atoms with Crippen LogP contribution in [0.2, 0.25) is 0 Å². The SMILES string of the molecule is CN(C)CCN(Cc1ccccc1)C(=O)c1ccn(C2CCCNC2)n1. The number of nitrogens with one attached hydrogen (secondary N) is 1. The van der Waals surface area contributed by atoms with E-state index in [-0.39, 0.29) is 5.91 Å². The second-order valence-corrected chi connectivity index (χ2v) is 7.20. The molecule has 0 saturated carbocycles. The van der Waals surface area contributed by atoms with Crippen molar-refractivity contribution < 1.29 is 4.79 Å². The summed E-state index contributed by atoms with van der Waals surface area (Å²) in [5.74, 6) is -0.00165. The Morgan fingerprint density at radius 3 is 2.73 bits per heavy atom. The maximum absolute atomic E-state index is 13.1. The number of carbonyl (C=O) groups excluding carboxylic acids is 1. The highest BCUT2D eigenvalue weighted by Crippen LogP contribution is 2.17. The first kappa shape index (κ1) is 18.6. The van der Waals surface area contributed by atoms with Crippen LogP contribution < -0.4 is 5.32 Å². The van der Waals surface area contributed by atoms with E-state index in [0.717, 1.165) is 38.0 Å². The lowest BCUT2D eigenvalue weighted by molar-refractivity contribution is 0.0724. The van der Waals surface area contributed by atoms with Gasteiger partial charge in [0, 0.05) is 32.4 Å². The topological polar surface area (TPSA) is 53.4 Å². The summed E-state index contributed by atoms with van der Waals surface area (Å²) in [7, 11) is 4.05. The molecule has 6 nitrogen and oxygen atoms in total. The first-order chi connectivity index (χ1) is 12.6. The Bertz CT molecular complexity index is 691. The Balaban J connectivity index is 1.72. The minimum atomic E-state index is -0.00165. The maximum Gasteiger partial charge on any atom is 0.274 e. The molecule has 0 spiro atoms. The average Bonchev–Trinajstić information content (AvgIpc) is 3.16. The van der Waals surface area contributed by atoms with Gasteiger partial charge in [-0.05, 0) is 45.1 Å². The number of likely N-dealkylation sites (N-methyl/N-ethyl adjacent to an activating group) is 1. The molecule has 1 aromatic heterocycles. The molecular formula is C20H29N5O. The van der Waals surface area contributed by atoms with Gasteiger partial charge in [-0.2, -0.15) is 5.10 Å². The molecule has 1 N–H and O–H groups in total. The van der Waals surface area contributed by atoms with Crippen LogP contribution in [0.15, 0.2) is 42.6 Å². The van der Waals surface area contributed by atoms with Gasteiger partial charge in [-0.1, -0.05) is 30.3 Å². The Hall–Kier alpha value is -2.18. The first-order valence-electron chi connectivity index (χ1n) is 9.37. The highest BCUT2D eigenvalue weighted by atomic mass is 16.2. The van der Waals surface area contributed by atoms with E-state index in [1.807, 2.05) is 54.1 Å². The first-order valence-corrected chi connectivity index (χ1v) is 9.37. The van der Waals surface area contributed by atoms with E-state index < -0.39 is 0 Å². The Labute approximate surface area is 155 Å². The molecule has 1 amide bonds. The standard InChI is InChI=1S/C20H29N5O/c1-23(2)13-14-24(16-17-7-4-3-5-8-17)20(26)19-10-12-25(22-19)18-9-6-11-21-15-18/h3-5,7-8,10,12,18,21H,6,9,11,13-16H2,1-2H3. The molecule has 140 valence electrons. The number of aromatic nitrogens is 2. The summed E-state index contributed by atoms with van der Waals surface area (Å²) >= 11 is 0. The lowest BCUT2D eigenvalue weighted by Crippen LogP contribution is -2.36. The van der Waals surface area contributed by atoms with Gasteiger partial charge in [0.15, 0.2) is 0 Å². The lowest BCUT2D eigenvalue weighted by Gasteiger charge is -2.24. The quantitative estimate of drug-likeness (QED) is 0.826. The van der Waals surface area contributed by atoms with Crippen LogP contribution in [-0.4, -0.2) is 65.8 Å². The minimum Gasteiger partial charge on any atom is -0.332 e. The Kier molecular flexibility index (Phi) is 6.41. The molecule has 1 saturated heterocycles. The van der Waals surface area contributed by atoms with Gasteiger partial charge < -0.3 is 15.1 Å². The van der Waals surface area contributed by atoms with Gasteiger partial charge in [-0.3, -0.25) is 9.48 Å². The molecule has 1 aliphatic heterocycles. The predicted octanol–water partition coefficient (Wildman–Crippen LogP) is 2.01. The second kappa shape index (κ2) is 8.96. The molecule has 1 fully saturated rings. The zero-order valence-corrected chi connectivity index (χ0v) is 15.8. The number of nitrogens with zero attached hydrogens (tertiary/aromatic N) is 4. The molecule has 1 atom stereocenters. The molecule has 6 heteroatoms. The van der Waals surface area contributed by atoms with Gasteiger partial charge in [0.05, 0.1) is 6.04 Å². The molecule has 1 aliphatic rings. The summed E-state index contributed by atoms with van der Waals surface area (Å²) in [6, 6.07) is 12.3. The largest absolute Gasteiger partial charge is 0.332 e. The average molecular weight is 355 g/mol.